The van der Waals surface area contributed by atoms with Crippen molar-refractivity contribution >= 4 is 35.6 Å². The fourth-order valence-corrected chi connectivity index (χ4v) is 2.49. The molecule has 31 heavy (non-hydrogen) atoms. The number of primary amides is 1. The van der Waals surface area contributed by atoms with E-state index in [9.17, 15) is 28.8 Å². The Morgan fingerprint density at radius 3 is 1.84 bits per heavy atom. The number of aliphatic carboxylic acids is 2. The van der Waals surface area contributed by atoms with Gasteiger partial charge < -0.3 is 37.6 Å². The highest BCUT2D eigenvalue weighted by atomic mass is 16.4. The molecule has 0 heterocycles. The van der Waals surface area contributed by atoms with Gasteiger partial charge in [0, 0.05) is 6.42 Å². The van der Waals surface area contributed by atoms with Crippen LogP contribution < -0.4 is 27.4 Å². The van der Waals surface area contributed by atoms with Crippen molar-refractivity contribution in [3.05, 3.63) is 0 Å². The second kappa shape index (κ2) is 13.2. The van der Waals surface area contributed by atoms with Crippen molar-refractivity contribution in [1.82, 2.24) is 16.0 Å². The summed E-state index contributed by atoms with van der Waals surface area (Å²) in [6, 6.07) is -4.93. The largest absolute Gasteiger partial charge is 0.481 e. The number of nitrogens with one attached hydrogen (secondary N) is 3. The molecule has 0 saturated carbocycles. The molecule has 4 unspecified atom stereocenters. The number of rotatable bonds is 14. The molecular formula is C18H31N5O8. The number of carbonyl (C=O) groups is 6. The minimum Gasteiger partial charge on any atom is -0.481 e. The summed E-state index contributed by atoms with van der Waals surface area (Å²) < 4.78 is 0. The normalized spacial score (nSPS) is 14.6. The number of hydrogen-bond donors (Lipinski definition) is 7. The lowest BCUT2D eigenvalue weighted by atomic mass is 10.0. The highest BCUT2D eigenvalue weighted by Crippen LogP contribution is 2.06. The molecule has 9 N–H and O–H groups in total. The van der Waals surface area contributed by atoms with Gasteiger partial charge >= 0.3 is 11.9 Å². The molecule has 0 aromatic carbocycles. The molecule has 13 nitrogen and oxygen atoms in total. The van der Waals surface area contributed by atoms with Crippen molar-refractivity contribution in [2.24, 2.45) is 17.4 Å². The molecule has 0 saturated heterocycles. The predicted molar refractivity (Wildman–Crippen MR) is 107 cm³/mol. The number of nitrogens with two attached hydrogens (primary N) is 2. The summed E-state index contributed by atoms with van der Waals surface area (Å²) in [7, 11) is 0. The Morgan fingerprint density at radius 1 is 0.839 bits per heavy atom. The zero-order chi connectivity index (χ0) is 24.3. The van der Waals surface area contributed by atoms with E-state index >= 15 is 0 Å². The Labute approximate surface area is 179 Å². The Balaban J connectivity index is 5.07. The smallest absolute Gasteiger partial charge is 0.326 e. The molecule has 0 aliphatic rings. The average Bonchev–Trinajstić information content (AvgIpc) is 2.62. The molecule has 176 valence electrons. The summed E-state index contributed by atoms with van der Waals surface area (Å²) in [5.41, 5.74) is 10.6. The Hall–Kier alpha value is -3.22. The topological polar surface area (TPSA) is 231 Å². The maximum Gasteiger partial charge on any atom is 0.326 e. The van der Waals surface area contributed by atoms with Crippen molar-refractivity contribution in [3.8, 4) is 0 Å². The molecule has 4 atom stereocenters. The lowest BCUT2D eigenvalue weighted by molar-refractivity contribution is -0.143. The van der Waals surface area contributed by atoms with E-state index in [-0.39, 0.29) is 18.8 Å². The second-order valence-corrected chi connectivity index (χ2v) is 7.53. The van der Waals surface area contributed by atoms with Crippen LogP contribution in [0.15, 0.2) is 0 Å². The summed E-state index contributed by atoms with van der Waals surface area (Å²) in [6.07, 6.45) is -1.01. The third-order valence-electron chi connectivity index (χ3n) is 4.11. The summed E-state index contributed by atoms with van der Waals surface area (Å²) >= 11 is 0. The van der Waals surface area contributed by atoms with Crippen LogP contribution in [0.5, 0.6) is 0 Å². The van der Waals surface area contributed by atoms with Crippen LogP contribution in [0, 0.1) is 5.92 Å². The summed E-state index contributed by atoms with van der Waals surface area (Å²) in [5, 5.41) is 24.7. The molecule has 0 radical (unpaired) electrons. The molecule has 0 aliphatic carbocycles. The van der Waals surface area contributed by atoms with Crippen LogP contribution in [0.1, 0.15) is 46.5 Å². The average molecular weight is 445 g/mol. The minimum atomic E-state index is -1.44. The van der Waals surface area contributed by atoms with Gasteiger partial charge in [0.15, 0.2) is 0 Å². The van der Waals surface area contributed by atoms with Crippen molar-refractivity contribution in [3.63, 3.8) is 0 Å². The third-order valence-corrected chi connectivity index (χ3v) is 4.11. The fourth-order valence-electron chi connectivity index (χ4n) is 2.49. The van der Waals surface area contributed by atoms with E-state index < -0.39 is 72.6 Å². The van der Waals surface area contributed by atoms with Crippen molar-refractivity contribution in [2.45, 2.75) is 70.6 Å². The Kier molecular flexibility index (Phi) is 11.8. The molecule has 13 heteroatoms. The van der Waals surface area contributed by atoms with Gasteiger partial charge in [0.25, 0.3) is 0 Å². The van der Waals surface area contributed by atoms with Crippen LogP contribution >= 0.6 is 0 Å². The monoisotopic (exact) mass is 445 g/mol. The first kappa shape index (κ1) is 27.8. The van der Waals surface area contributed by atoms with Gasteiger partial charge in [-0.2, -0.15) is 0 Å². The van der Waals surface area contributed by atoms with Gasteiger partial charge in [-0.15, -0.1) is 0 Å². The minimum absolute atomic E-state index is 0.0278. The van der Waals surface area contributed by atoms with Gasteiger partial charge in [-0.05, 0) is 25.7 Å². The standard InChI is InChI=1S/C18H31N5O8/c1-8(2)6-12(23-16(28)10(19)7-13(20)24)17(29)21-9(3)15(27)22-11(18(30)31)4-5-14(25)26/h8-12H,4-7,19H2,1-3H3,(H2,20,24)(H,21,29)(H,22,27)(H,23,28)(H,25,26)(H,30,31). The molecule has 0 bridgehead atoms. The van der Waals surface area contributed by atoms with Gasteiger partial charge in [0.05, 0.1) is 12.5 Å². The highest BCUT2D eigenvalue weighted by molar-refractivity contribution is 5.94. The number of carbonyl (C=O) groups excluding carboxylic acids is 4. The fraction of sp³-hybridized carbons (Fsp3) is 0.667. The third kappa shape index (κ3) is 11.5. The molecular weight excluding hydrogens is 414 g/mol. The molecule has 4 amide bonds. The molecule has 0 spiro atoms. The van der Waals surface area contributed by atoms with E-state index in [0.717, 1.165) is 0 Å². The van der Waals surface area contributed by atoms with Crippen LogP contribution in [-0.2, 0) is 28.8 Å². The van der Waals surface area contributed by atoms with E-state index in [4.69, 9.17) is 21.7 Å². The lowest BCUT2D eigenvalue weighted by Gasteiger charge is -2.24. The lowest BCUT2D eigenvalue weighted by Crippen LogP contribution is -2.56. The van der Waals surface area contributed by atoms with E-state index in [1.54, 1.807) is 13.8 Å². The van der Waals surface area contributed by atoms with E-state index in [1.807, 2.05) is 0 Å². The number of amides is 4. The first-order valence-electron chi connectivity index (χ1n) is 9.64. The molecule has 0 rings (SSSR count). The highest BCUT2D eigenvalue weighted by Gasteiger charge is 2.29. The molecule has 0 aromatic heterocycles. The first-order chi connectivity index (χ1) is 14.2. The summed E-state index contributed by atoms with van der Waals surface area (Å²) in [4.78, 5) is 69.7. The van der Waals surface area contributed by atoms with Gasteiger partial charge in [-0.3, -0.25) is 24.0 Å². The summed E-state index contributed by atoms with van der Waals surface area (Å²) in [6.45, 7) is 4.90. The van der Waals surface area contributed by atoms with Gasteiger partial charge in [-0.1, -0.05) is 13.8 Å². The van der Waals surface area contributed by atoms with Gasteiger partial charge in [-0.25, -0.2) is 4.79 Å². The molecule has 0 aromatic rings. The van der Waals surface area contributed by atoms with Crippen molar-refractivity contribution in [2.75, 3.05) is 0 Å². The van der Waals surface area contributed by atoms with Crippen LogP contribution in [0.3, 0.4) is 0 Å². The number of carboxylic acids is 2. The zero-order valence-electron chi connectivity index (χ0n) is 17.7. The van der Waals surface area contributed by atoms with Crippen LogP contribution in [0.2, 0.25) is 0 Å². The SMILES string of the molecule is CC(C)CC(NC(=O)C(N)CC(N)=O)C(=O)NC(C)C(=O)NC(CCC(=O)O)C(=O)O. The predicted octanol–water partition coefficient (Wildman–Crippen LogP) is -2.34. The number of hydrogen-bond acceptors (Lipinski definition) is 7. The van der Waals surface area contributed by atoms with Crippen molar-refractivity contribution < 1.29 is 39.0 Å². The van der Waals surface area contributed by atoms with Crippen LogP contribution in [0.25, 0.3) is 0 Å². The van der Waals surface area contributed by atoms with E-state index in [2.05, 4.69) is 16.0 Å². The first-order valence-corrected chi connectivity index (χ1v) is 9.64. The zero-order valence-corrected chi connectivity index (χ0v) is 17.7. The Morgan fingerprint density at radius 2 is 1.39 bits per heavy atom. The summed E-state index contributed by atoms with van der Waals surface area (Å²) in [5.74, 6) is -5.77. The van der Waals surface area contributed by atoms with Crippen LogP contribution in [-0.4, -0.2) is 69.9 Å². The molecule has 0 fully saturated rings. The second-order valence-electron chi connectivity index (χ2n) is 7.53. The maximum absolute atomic E-state index is 12.6. The number of carboxylic acid groups (broad SMARTS) is 2. The Bertz CT molecular complexity index is 696. The van der Waals surface area contributed by atoms with Crippen molar-refractivity contribution in [1.29, 1.82) is 0 Å². The quantitative estimate of drug-likeness (QED) is 0.151. The van der Waals surface area contributed by atoms with Gasteiger partial charge in [0.1, 0.15) is 18.1 Å². The van der Waals surface area contributed by atoms with Gasteiger partial charge in [0.2, 0.25) is 23.6 Å². The van der Waals surface area contributed by atoms with Crippen LogP contribution in [0.4, 0.5) is 0 Å². The molecule has 0 aliphatic heterocycles. The van der Waals surface area contributed by atoms with E-state index in [1.165, 1.54) is 6.92 Å². The maximum atomic E-state index is 12.6. The van der Waals surface area contributed by atoms with E-state index in [0.29, 0.717) is 0 Å².